The lowest BCUT2D eigenvalue weighted by molar-refractivity contribution is 0.342. The summed E-state index contributed by atoms with van der Waals surface area (Å²) < 4.78 is 10.6. The summed E-state index contributed by atoms with van der Waals surface area (Å²) in [5.41, 5.74) is 1.02. The zero-order valence-corrected chi connectivity index (χ0v) is 10.3. The van der Waals surface area contributed by atoms with E-state index in [1.165, 1.54) is 0 Å². The smallest absolute Gasteiger partial charge is 0.245 e. The van der Waals surface area contributed by atoms with Gasteiger partial charge in [-0.25, -0.2) is 0 Å². The number of aromatic nitrogens is 2. The van der Waals surface area contributed by atoms with Gasteiger partial charge in [0, 0.05) is 18.1 Å². The highest BCUT2D eigenvalue weighted by Crippen LogP contribution is 2.25. The second-order valence-electron chi connectivity index (χ2n) is 3.97. The highest BCUT2D eigenvalue weighted by molar-refractivity contribution is 7.99. The summed E-state index contributed by atoms with van der Waals surface area (Å²) in [7, 11) is 0. The van der Waals surface area contributed by atoms with Crippen LogP contribution >= 0.6 is 11.8 Å². The normalized spacial score (nSPS) is 20.6. The molecule has 2 aromatic rings. The van der Waals surface area contributed by atoms with Crippen molar-refractivity contribution in [2.75, 3.05) is 18.1 Å². The molecule has 0 bridgehead atoms. The molecule has 1 unspecified atom stereocenters. The molecular weight excluding hydrogens is 238 g/mol. The molecule has 1 atom stereocenters. The molecule has 1 fully saturated rings. The summed E-state index contributed by atoms with van der Waals surface area (Å²) in [4.78, 5) is 4.39. The summed E-state index contributed by atoms with van der Waals surface area (Å²) in [5, 5.41) is 7.33. The predicted molar refractivity (Wildman–Crippen MR) is 64.8 cm³/mol. The Morgan fingerprint density at radius 1 is 1.53 bits per heavy atom. The van der Waals surface area contributed by atoms with E-state index in [1.807, 2.05) is 24.8 Å². The molecule has 0 radical (unpaired) electrons. The second kappa shape index (κ2) is 4.54. The minimum Gasteiger partial charge on any atom is -0.461 e. The van der Waals surface area contributed by atoms with Crippen molar-refractivity contribution in [3.8, 4) is 11.6 Å². The highest BCUT2D eigenvalue weighted by Gasteiger charge is 2.22. The van der Waals surface area contributed by atoms with Crippen molar-refractivity contribution < 1.29 is 8.94 Å². The third-order valence-corrected chi connectivity index (χ3v) is 3.79. The van der Waals surface area contributed by atoms with E-state index in [0.717, 1.165) is 23.6 Å². The second-order valence-corrected chi connectivity index (χ2v) is 5.12. The van der Waals surface area contributed by atoms with Crippen molar-refractivity contribution in [1.82, 2.24) is 15.5 Å². The quantitative estimate of drug-likeness (QED) is 0.881. The first-order valence-electron chi connectivity index (χ1n) is 5.54. The number of aryl methyl sites for hydroxylation is 1. The van der Waals surface area contributed by atoms with Crippen molar-refractivity contribution >= 4 is 11.8 Å². The summed E-state index contributed by atoms with van der Waals surface area (Å²) in [6, 6.07) is 2.05. The van der Waals surface area contributed by atoms with Crippen LogP contribution in [-0.4, -0.2) is 28.2 Å². The lowest BCUT2D eigenvalue weighted by Gasteiger charge is -2.19. The molecule has 90 valence electrons. The van der Waals surface area contributed by atoms with E-state index in [9.17, 15) is 0 Å². The van der Waals surface area contributed by atoms with Gasteiger partial charge in [-0.05, 0) is 18.6 Å². The SMILES string of the molecule is Cc1ccoc1-c1noc(C2CSCCN2)n1. The number of hydrogen-bond donors (Lipinski definition) is 1. The molecule has 0 aromatic carbocycles. The van der Waals surface area contributed by atoms with Crippen LogP contribution in [0.3, 0.4) is 0 Å². The van der Waals surface area contributed by atoms with Gasteiger partial charge in [0.05, 0.1) is 12.3 Å². The molecule has 6 heteroatoms. The molecule has 3 heterocycles. The van der Waals surface area contributed by atoms with Crippen molar-refractivity contribution in [2.24, 2.45) is 0 Å². The minimum atomic E-state index is 0.158. The van der Waals surface area contributed by atoms with E-state index < -0.39 is 0 Å². The fourth-order valence-electron chi connectivity index (χ4n) is 1.79. The standard InChI is InChI=1S/C11H13N3O2S/c1-7-2-4-15-9(7)10-13-11(16-14-10)8-6-17-5-3-12-8/h2,4,8,12H,3,5-6H2,1H3. The maximum absolute atomic E-state index is 5.34. The van der Waals surface area contributed by atoms with Crippen molar-refractivity contribution in [3.05, 3.63) is 23.8 Å². The van der Waals surface area contributed by atoms with Crippen molar-refractivity contribution in [1.29, 1.82) is 0 Å². The number of rotatable bonds is 2. The van der Waals surface area contributed by atoms with E-state index in [1.54, 1.807) is 6.26 Å². The van der Waals surface area contributed by atoms with Gasteiger partial charge in [-0.1, -0.05) is 5.16 Å². The highest BCUT2D eigenvalue weighted by atomic mass is 32.2. The van der Waals surface area contributed by atoms with Crippen LogP contribution < -0.4 is 5.32 Å². The molecule has 3 rings (SSSR count). The molecule has 1 N–H and O–H groups in total. The van der Waals surface area contributed by atoms with E-state index >= 15 is 0 Å². The van der Waals surface area contributed by atoms with E-state index in [2.05, 4.69) is 15.5 Å². The van der Waals surface area contributed by atoms with E-state index in [-0.39, 0.29) is 6.04 Å². The zero-order chi connectivity index (χ0) is 11.7. The molecule has 0 spiro atoms. The first-order chi connectivity index (χ1) is 8.34. The summed E-state index contributed by atoms with van der Waals surface area (Å²) in [6.07, 6.45) is 1.63. The largest absolute Gasteiger partial charge is 0.461 e. The maximum Gasteiger partial charge on any atom is 0.245 e. The molecule has 5 nitrogen and oxygen atoms in total. The van der Waals surface area contributed by atoms with Crippen LogP contribution in [0.1, 0.15) is 17.5 Å². The van der Waals surface area contributed by atoms with Crippen LogP contribution in [-0.2, 0) is 0 Å². The zero-order valence-electron chi connectivity index (χ0n) is 9.47. The summed E-state index contributed by atoms with van der Waals surface area (Å²) in [6.45, 7) is 2.94. The fraction of sp³-hybridized carbons (Fsp3) is 0.455. The Kier molecular flexibility index (Phi) is 2.90. The van der Waals surface area contributed by atoms with Crippen LogP contribution in [0.25, 0.3) is 11.6 Å². The maximum atomic E-state index is 5.34. The van der Waals surface area contributed by atoms with Crippen LogP contribution in [0.15, 0.2) is 21.3 Å². The van der Waals surface area contributed by atoms with Gasteiger partial charge in [0.1, 0.15) is 0 Å². The minimum absolute atomic E-state index is 0.158. The van der Waals surface area contributed by atoms with Gasteiger partial charge in [-0.15, -0.1) is 0 Å². The first-order valence-corrected chi connectivity index (χ1v) is 6.69. The van der Waals surface area contributed by atoms with Gasteiger partial charge in [0.2, 0.25) is 11.7 Å². The van der Waals surface area contributed by atoms with Crippen molar-refractivity contribution in [3.63, 3.8) is 0 Å². The fourth-order valence-corrected chi connectivity index (χ4v) is 2.72. The third kappa shape index (κ3) is 2.10. The summed E-state index contributed by atoms with van der Waals surface area (Å²) >= 11 is 1.89. The Morgan fingerprint density at radius 3 is 3.18 bits per heavy atom. The molecular formula is C11H13N3O2S. The van der Waals surface area contributed by atoms with Gasteiger partial charge in [-0.3, -0.25) is 0 Å². The Hall–Kier alpha value is -1.27. The molecule has 17 heavy (non-hydrogen) atoms. The van der Waals surface area contributed by atoms with Gasteiger partial charge in [0.15, 0.2) is 5.76 Å². The summed E-state index contributed by atoms with van der Waals surface area (Å²) in [5.74, 6) is 3.96. The molecule has 1 aliphatic rings. The van der Waals surface area contributed by atoms with Crippen LogP contribution in [0.2, 0.25) is 0 Å². The van der Waals surface area contributed by atoms with Gasteiger partial charge >= 0.3 is 0 Å². The number of thioether (sulfide) groups is 1. The topological polar surface area (TPSA) is 64.1 Å². The van der Waals surface area contributed by atoms with Crippen LogP contribution in [0.5, 0.6) is 0 Å². The van der Waals surface area contributed by atoms with Gasteiger partial charge in [-0.2, -0.15) is 16.7 Å². The Morgan fingerprint density at radius 2 is 2.47 bits per heavy atom. The first kappa shape index (κ1) is 10.9. The lowest BCUT2D eigenvalue weighted by Crippen LogP contribution is -2.30. The van der Waals surface area contributed by atoms with E-state index in [0.29, 0.717) is 17.5 Å². The number of hydrogen-bond acceptors (Lipinski definition) is 6. The number of furan rings is 1. The molecule has 1 aliphatic heterocycles. The molecule has 0 saturated carbocycles. The molecule has 1 saturated heterocycles. The lowest BCUT2D eigenvalue weighted by atomic mass is 10.3. The van der Waals surface area contributed by atoms with Gasteiger partial charge in [0.25, 0.3) is 0 Å². The van der Waals surface area contributed by atoms with Crippen LogP contribution in [0.4, 0.5) is 0 Å². The average Bonchev–Trinajstić information content (AvgIpc) is 2.98. The molecule has 0 aliphatic carbocycles. The monoisotopic (exact) mass is 251 g/mol. The van der Waals surface area contributed by atoms with Crippen molar-refractivity contribution in [2.45, 2.75) is 13.0 Å². The molecule has 0 amide bonds. The Balaban J connectivity index is 1.85. The Bertz CT molecular complexity index is 502. The third-order valence-electron chi connectivity index (χ3n) is 2.73. The molecule has 2 aromatic heterocycles. The van der Waals surface area contributed by atoms with Crippen LogP contribution in [0, 0.1) is 6.92 Å². The average molecular weight is 251 g/mol. The van der Waals surface area contributed by atoms with Gasteiger partial charge < -0.3 is 14.3 Å². The Labute approximate surface area is 103 Å². The van der Waals surface area contributed by atoms with E-state index in [4.69, 9.17) is 8.94 Å². The number of nitrogens with one attached hydrogen (secondary N) is 1. The number of nitrogens with zero attached hydrogens (tertiary/aromatic N) is 2. The predicted octanol–water partition coefficient (Wildman–Crippen LogP) is 2.02.